The van der Waals surface area contributed by atoms with Crippen LogP contribution in [0.5, 0.6) is 0 Å². The topological polar surface area (TPSA) is 48.5 Å². The van der Waals surface area contributed by atoms with Gasteiger partial charge in [0.05, 0.1) is 0 Å². The van der Waals surface area contributed by atoms with Crippen molar-refractivity contribution >= 4 is 0 Å². The van der Waals surface area contributed by atoms with E-state index in [9.17, 15) is 0 Å². The predicted molar refractivity (Wildman–Crippen MR) is 58.5 cm³/mol. The van der Waals surface area contributed by atoms with Crippen LogP contribution in [0.2, 0.25) is 0 Å². The minimum Gasteiger partial charge on any atom is -0.289 e. The highest BCUT2D eigenvalue weighted by Gasteiger charge is 2.02. The molecule has 0 fully saturated rings. The normalized spacial score (nSPS) is 10.5. The average Bonchev–Trinajstić information content (AvgIpc) is 3.01. The molecule has 0 aliphatic heterocycles. The van der Waals surface area contributed by atoms with Gasteiger partial charge in [0.1, 0.15) is 6.33 Å². The standard InChI is InChI=1S/C11H9N5/c1-2-5-13-10(3-1)16-7-4-11(14-16)15-8-6-12-9-15/h1-9H. The highest BCUT2D eigenvalue weighted by molar-refractivity contribution is 5.26. The van der Waals surface area contributed by atoms with Crippen molar-refractivity contribution in [1.29, 1.82) is 0 Å². The second-order valence-corrected chi connectivity index (χ2v) is 3.28. The average molecular weight is 211 g/mol. The lowest BCUT2D eigenvalue weighted by molar-refractivity contribution is 0.820. The van der Waals surface area contributed by atoms with Gasteiger partial charge in [0.2, 0.25) is 0 Å². The van der Waals surface area contributed by atoms with E-state index < -0.39 is 0 Å². The van der Waals surface area contributed by atoms with E-state index in [4.69, 9.17) is 0 Å². The molecular formula is C11H9N5. The molecule has 0 aliphatic carbocycles. The molecule has 3 aromatic heterocycles. The van der Waals surface area contributed by atoms with Gasteiger partial charge in [-0.15, -0.1) is 5.10 Å². The molecule has 78 valence electrons. The second kappa shape index (κ2) is 3.62. The van der Waals surface area contributed by atoms with Gasteiger partial charge in [0.25, 0.3) is 0 Å². The Balaban J connectivity index is 2.00. The lowest BCUT2D eigenvalue weighted by Gasteiger charge is -1.98. The summed E-state index contributed by atoms with van der Waals surface area (Å²) >= 11 is 0. The minimum absolute atomic E-state index is 0.800. The third-order valence-corrected chi connectivity index (χ3v) is 2.23. The first-order chi connectivity index (χ1) is 7.93. The molecule has 0 amide bonds. The first kappa shape index (κ1) is 8.84. The van der Waals surface area contributed by atoms with Gasteiger partial charge in [0, 0.05) is 30.9 Å². The van der Waals surface area contributed by atoms with Gasteiger partial charge in [-0.2, -0.15) is 0 Å². The summed E-state index contributed by atoms with van der Waals surface area (Å²) < 4.78 is 3.58. The van der Waals surface area contributed by atoms with E-state index in [1.165, 1.54) is 0 Å². The van der Waals surface area contributed by atoms with Crippen LogP contribution in [0.1, 0.15) is 0 Å². The summed E-state index contributed by atoms with van der Waals surface area (Å²) in [6.45, 7) is 0. The fourth-order valence-electron chi connectivity index (χ4n) is 1.46. The number of nitrogens with zero attached hydrogens (tertiary/aromatic N) is 5. The number of rotatable bonds is 2. The molecule has 0 bridgehead atoms. The minimum atomic E-state index is 0.800. The molecule has 0 aliphatic rings. The molecule has 0 spiro atoms. The van der Waals surface area contributed by atoms with Crippen LogP contribution >= 0.6 is 0 Å². The van der Waals surface area contributed by atoms with Crippen molar-refractivity contribution in [3.05, 3.63) is 55.4 Å². The zero-order valence-corrected chi connectivity index (χ0v) is 8.43. The molecule has 5 heteroatoms. The number of imidazole rings is 1. The zero-order chi connectivity index (χ0) is 10.8. The number of pyridine rings is 1. The lowest BCUT2D eigenvalue weighted by Crippen LogP contribution is -1.99. The molecule has 3 rings (SSSR count). The molecule has 0 N–H and O–H groups in total. The van der Waals surface area contributed by atoms with Crippen LogP contribution in [0.15, 0.2) is 55.4 Å². The van der Waals surface area contributed by atoms with Crippen LogP contribution in [0.3, 0.4) is 0 Å². The maximum atomic E-state index is 4.40. The van der Waals surface area contributed by atoms with Crippen LogP contribution in [-0.4, -0.2) is 24.3 Å². The van der Waals surface area contributed by atoms with Gasteiger partial charge in [-0.1, -0.05) is 6.07 Å². The molecule has 0 saturated heterocycles. The molecule has 0 radical (unpaired) electrons. The maximum Gasteiger partial charge on any atom is 0.160 e. The Bertz CT molecular complexity index is 567. The van der Waals surface area contributed by atoms with Crippen LogP contribution in [0, 0.1) is 0 Å². The molecule has 16 heavy (non-hydrogen) atoms. The van der Waals surface area contributed by atoms with Gasteiger partial charge < -0.3 is 0 Å². The molecule has 0 aromatic carbocycles. The summed E-state index contributed by atoms with van der Waals surface area (Å²) in [5.74, 6) is 1.62. The highest BCUT2D eigenvalue weighted by atomic mass is 15.3. The number of hydrogen-bond acceptors (Lipinski definition) is 3. The first-order valence-electron chi connectivity index (χ1n) is 4.89. The monoisotopic (exact) mass is 211 g/mol. The van der Waals surface area contributed by atoms with Crippen LogP contribution < -0.4 is 0 Å². The van der Waals surface area contributed by atoms with Crippen molar-refractivity contribution in [2.75, 3.05) is 0 Å². The van der Waals surface area contributed by atoms with Crippen LogP contribution in [0.25, 0.3) is 11.6 Å². The van der Waals surface area contributed by atoms with E-state index in [1.807, 2.05) is 41.2 Å². The van der Waals surface area contributed by atoms with Crippen molar-refractivity contribution in [3.8, 4) is 11.6 Å². The Kier molecular flexibility index (Phi) is 2.00. The molecule has 0 atom stereocenters. The second-order valence-electron chi connectivity index (χ2n) is 3.28. The predicted octanol–water partition coefficient (Wildman–Crippen LogP) is 1.45. The third-order valence-electron chi connectivity index (χ3n) is 2.23. The van der Waals surface area contributed by atoms with Crippen molar-refractivity contribution < 1.29 is 0 Å². The van der Waals surface area contributed by atoms with Crippen molar-refractivity contribution in [1.82, 2.24) is 24.3 Å². The largest absolute Gasteiger partial charge is 0.289 e. The SMILES string of the molecule is c1ccc(-n2ccc(-n3ccnc3)n2)nc1. The molecule has 0 saturated carbocycles. The Morgan fingerprint density at radius 1 is 0.938 bits per heavy atom. The van der Waals surface area contributed by atoms with E-state index in [-0.39, 0.29) is 0 Å². The molecule has 0 unspecified atom stereocenters. The van der Waals surface area contributed by atoms with Gasteiger partial charge in [-0.05, 0) is 12.1 Å². The van der Waals surface area contributed by atoms with Gasteiger partial charge in [-0.3, -0.25) is 4.57 Å². The van der Waals surface area contributed by atoms with Gasteiger partial charge >= 0.3 is 0 Å². The van der Waals surface area contributed by atoms with Crippen molar-refractivity contribution in [2.45, 2.75) is 0 Å². The Hall–Kier alpha value is -2.43. The summed E-state index contributed by atoms with van der Waals surface area (Å²) in [4.78, 5) is 8.20. The fourth-order valence-corrected chi connectivity index (χ4v) is 1.46. The summed E-state index contributed by atoms with van der Waals surface area (Å²) in [6.07, 6.45) is 8.90. The molecule has 3 heterocycles. The summed E-state index contributed by atoms with van der Waals surface area (Å²) in [5.41, 5.74) is 0. The van der Waals surface area contributed by atoms with Gasteiger partial charge in [0.15, 0.2) is 11.6 Å². The maximum absolute atomic E-state index is 4.40. The van der Waals surface area contributed by atoms with Crippen molar-refractivity contribution in [2.24, 2.45) is 0 Å². The molecule has 5 nitrogen and oxygen atoms in total. The highest BCUT2D eigenvalue weighted by Crippen LogP contribution is 2.07. The Morgan fingerprint density at radius 2 is 1.94 bits per heavy atom. The lowest BCUT2D eigenvalue weighted by atomic mass is 10.5. The van der Waals surface area contributed by atoms with E-state index in [1.54, 1.807) is 23.4 Å². The molecular weight excluding hydrogens is 202 g/mol. The smallest absolute Gasteiger partial charge is 0.160 e. The van der Waals surface area contributed by atoms with Crippen LogP contribution in [-0.2, 0) is 0 Å². The van der Waals surface area contributed by atoms with Crippen molar-refractivity contribution in [3.63, 3.8) is 0 Å². The number of aromatic nitrogens is 5. The van der Waals surface area contributed by atoms with E-state index in [2.05, 4.69) is 15.1 Å². The summed E-state index contributed by atoms with van der Waals surface area (Å²) in [5, 5.41) is 4.40. The van der Waals surface area contributed by atoms with E-state index in [0.717, 1.165) is 11.6 Å². The van der Waals surface area contributed by atoms with Gasteiger partial charge in [-0.25, -0.2) is 14.6 Å². The Labute approximate surface area is 92.0 Å². The summed E-state index contributed by atoms with van der Waals surface area (Å²) in [7, 11) is 0. The third kappa shape index (κ3) is 1.48. The van der Waals surface area contributed by atoms with E-state index >= 15 is 0 Å². The number of hydrogen-bond donors (Lipinski definition) is 0. The zero-order valence-electron chi connectivity index (χ0n) is 8.43. The Morgan fingerprint density at radius 3 is 2.69 bits per heavy atom. The van der Waals surface area contributed by atoms with Crippen LogP contribution in [0.4, 0.5) is 0 Å². The summed E-state index contributed by atoms with van der Waals surface area (Å²) in [6, 6.07) is 7.63. The first-order valence-corrected chi connectivity index (χ1v) is 4.89. The van der Waals surface area contributed by atoms with E-state index in [0.29, 0.717) is 0 Å². The quantitative estimate of drug-likeness (QED) is 0.644. The molecule has 3 aromatic rings. The fraction of sp³-hybridized carbons (Fsp3) is 0.